The summed E-state index contributed by atoms with van der Waals surface area (Å²) in [5.74, 6) is 0.737. The number of esters is 1. The lowest BCUT2D eigenvalue weighted by atomic mass is 10.1. The van der Waals surface area contributed by atoms with Crippen molar-refractivity contribution >= 4 is 56.5 Å². The van der Waals surface area contributed by atoms with E-state index in [4.69, 9.17) is 14.2 Å². The van der Waals surface area contributed by atoms with Crippen molar-refractivity contribution in [2.75, 3.05) is 27.4 Å². The summed E-state index contributed by atoms with van der Waals surface area (Å²) in [4.78, 5) is 31.0. The number of hydrogen-bond donors (Lipinski definition) is 0. The number of likely N-dealkylation sites (N-methyl/N-ethyl adjacent to an activating group) is 1. The molecule has 2 aromatic rings. The topological polar surface area (TPSA) is 77.4 Å². The fourth-order valence-corrected chi connectivity index (χ4v) is 4.36. The maximum absolute atomic E-state index is 12.8. The fourth-order valence-electron chi connectivity index (χ4n) is 2.90. The highest BCUT2D eigenvalue weighted by atomic mass is 79.9. The summed E-state index contributed by atoms with van der Waals surface area (Å²) >= 11 is 4.79. The van der Waals surface area contributed by atoms with Gasteiger partial charge in [0.15, 0.2) is 5.17 Å². The Hall–Kier alpha value is -2.78. The third-order valence-electron chi connectivity index (χ3n) is 4.47. The number of carbonyl (C=O) groups is 2. The van der Waals surface area contributed by atoms with Gasteiger partial charge in [-0.2, -0.15) is 0 Å². The molecule has 0 spiro atoms. The number of rotatable bonds is 7. The molecule has 3 rings (SSSR count). The number of hydrogen-bond acceptors (Lipinski definition) is 7. The Bertz CT molecular complexity index is 1080. The van der Waals surface area contributed by atoms with E-state index in [2.05, 4.69) is 20.9 Å². The molecule has 0 bridgehead atoms. The normalized spacial score (nSPS) is 16.0. The molecule has 168 valence electrons. The van der Waals surface area contributed by atoms with E-state index in [-0.39, 0.29) is 5.91 Å². The smallest absolute Gasteiger partial charge is 0.337 e. The van der Waals surface area contributed by atoms with Crippen LogP contribution in [-0.2, 0) is 9.53 Å². The number of methoxy groups -OCH3 is 1. The molecule has 7 nitrogen and oxygen atoms in total. The Morgan fingerprint density at radius 1 is 1.12 bits per heavy atom. The number of aliphatic imine (C=N–C) groups is 1. The van der Waals surface area contributed by atoms with Gasteiger partial charge < -0.3 is 14.2 Å². The van der Waals surface area contributed by atoms with Gasteiger partial charge in [-0.05, 0) is 77.9 Å². The number of amides is 1. The van der Waals surface area contributed by atoms with Crippen molar-refractivity contribution < 1.29 is 23.8 Å². The minimum atomic E-state index is -0.413. The number of carbonyl (C=O) groups excluding carboxylic acids is 2. The first-order valence-corrected chi connectivity index (χ1v) is 11.5. The molecular weight excluding hydrogens is 496 g/mol. The number of nitrogens with zero attached hydrogens (tertiary/aromatic N) is 2. The Kier molecular flexibility index (Phi) is 7.98. The summed E-state index contributed by atoms with van der Waals surface area (Å²) in [5.41, 5.74) is 1.82. The highest BCUT2D eigenvalue weighted by molar-refractivity contribution is 9.10. The van der Waals surface area contributed by atoms with Gasteiger partial charge in [-0.25, -0.2) is 9.79 Å². The molecule has 1 aliphatic heterocycles. The van der Waals surface area contributed by atoms with Crippen LogP contribution >= 0.6 is 27.7 Å². The van der Waals surface area contributed by atoms with E-state index in [1.54, 1.807) is 37.4 Å². The van der Waals surface area contributed by atoms with Gasteiger partial charge in [0, 0.05) is 18.7 Å². The average Bonchev–Trinajstić information content (AvgIpc) is 3.04. The van der Waals surface area contributed by atoms with Crippen molar-refractivity contribution in [2.24, 2.45) is 4.99 Å². The predicted molar refractivity (Wildman–Crippen MR) is 130 cm³/mol. The van der Waals surface area contributed by atoms with Crippen molar-refractivity contribution in [3.05, 3.63) is 56.9 Å². The third-order valence-corrected chi connectivity index (χ3v) is 6.15. The zero-order chi connectivity index (χ0) is 23.3. The molecule has 1 heterocycles. The van der Waals surface area contributed by atoms with E-state index in [0.717, 1.165) is 10.0 Å². The van der Waals surface area contributed by atoms with Crippen LogP contribution in [0.1, 0.15) is 29.8 Å². The third kappa shape index (κ3) is 5.34. The Morgan fingerprint density at radius 3 is 2.41 bits per heavy atom. The maximum Gasteiger partial charge on any atom is 0.337 e. The summed E-state index contributed by atoms with van der Waals surface area (Å²) in [5, 5.41) is 0.537. The summed E-state index contributed by atoms with van der Waals surface area (Å²) < 4.78 is 16.9. The fraction of sp³-hybridized carbons (Fsp3) is 0.261. The minimum Gasteiger partial charge on any atom is -0.493 e. The van der Waals surface area contributed by atoms with Crippen molar-refractivity contribution in [3.63, 3.8) is 0 Å². The Labute approximate surface area is 199 Å². The zero-order valence-corrected chi connectivity index (χ0v) is 20.6. The second kappa shape index (κ2) is 10.7. The first kappa shape index (κ1) is 23.9. The molecule has 32 heavy (non-hydrogen) atoms. The first-order valence-electron chi connectivity index (χ1n) is 9.91. The van der Waals surface area contributed by atoms with Gasteiger partial charge >= 0.3 is 5.97 Å². The van der Waals surface area contributed by atoms with E-state index < -0.39 is 5.97 Å². The van der Waals surface area contributed by atoms with Crippen LogP contribution in [-0.4, -0.2) is 49.3 Å². The van der Waals surface area contributed by atoms with Crippen LogP contribution < -0.4 is 9.47 Å². The van der Waals surface area contributed by atoms with Gasteiger partial charge in [0.05, 0.1) is 41.0 Å². The molecule has 9 heteroatoms. The maximum atomic E-state index is 12.8. The molecule has 0 atom stereocenters. The van der Waals surface area contributed by atoms with E-state index in [1.807, 2.05) is 26.0 Å². The minimum absolute atomic E-state index is 0.160. The van der Waals surface area contributed by atoms with Crippen LogP contribution in [0, 0.1) is 0 Å². The van der Waals surface area contributed by atoms with E-state index >= 15 is 0 Å². The van der Waals surface area contributed by atoms with E-state index in [1.165, 1.54) is 23.8 Å². The van der Waals surface area contributed by atoms with E-state index in [0.29, 0.717) is 46.0 Å². The van der Waals surface area contributed by atoms with Crippen LogP contribution in [0.3, 0.4) is 0 Å². The monoisotopic (exact) mass is 518 g/mol. The molecule has 0 radical (unpaired) electrons. The van der Waals surface area contributed by atoms with E-state index in [9.17, 15) is 9.59 Å². The van der Waals surface area contributed by atoms with Crippen LogP contribution in [0.4, 0.5) is 5.69 Å². The summed E-state index contributed by atoms with van der Waals surface area (Å²) in [6.45, 7) is 4.83. The number of halogens is 1. The molecule has 0 N–H and O–H groups in total. The molecule has 0 saturated carbocycles. The largest absolute Gasteiger partial charge is 0.493 e. The van der Waals surface area contributed by atoms with Gasteiger partial charge in [-0.15, -0.1) is 0 Å². The van der Waals surface area contributed by atoms with Crippen LogP contribution in [0.5, 0.6) is 11.5 Å². The first-order chi connectivity index (χ1) is 15.4. The van der Waals surface area contributed by atoms with Gasteiger partial charge in [0.25, 0.3) is 5.91 Å². The quantitative estimate of drug-likeness (QED) is 0.367. The second-order valence-electron chi connectivity index (χ2n) is 6.59. The lowest BCUT2D eigenvalue weighted by Gasteiger charge is -2.12. The molecule has 0 aromatic heterocycles. The standard InChI is InChI=1S/C23H23BrN2O5S/c1-5-30-18-13-19(31-6-2)17(24)11-15(18)12-20-21(27)26(3)23(32-20)25-16-9-7-14(8-10-16)22(28)29-4/h7-13H,5-6H2,1-4H3. The van der Waals surface area contributed by atoms with Gasteiger partial charge in [-0.1, -0.05) is 0 Å². The second-order valence-corrected chi connectivity index (χ2v) is 8.46. The van der Waals surface area contributed by atoms with Gasteiger partial charge in [-0.3, -0.25) is 9.69 Å². The number of thioether (sulfide) groups is 1. The lowest BCUT2D eigenvalue weighted by molar-refractivity contribution is -0.121. The number of ether oxygens (including phenoxy) is 3. The molecular formula is C23H23BrN2O5S. The summed E-state index contributed by atoms with van der Waals surface area (Å²) in [6, 6.07) is 10.4. The molecule has 2 aromatic carbocycles. The van der Waals surface area contributed by atoms with Crippen LogP contribution in [0.2, 0.25) is 0 Å². The molecule has 1 saturated heterocycles. The molecule has 1 fully saturated rings. The number of amidine groups is 1. The molecule has 1 aliphatic rings. The van der Waals surface area contributed by atoms with Crippen LogP contribution in [0.15, 0.2) is 50.8 Å². The molecule has 0 aliphatic carbocycles. The van der Waals surface area contributed by atoms with Gasteiger partial charge in [0.1, 0.15) is 11.5 Å². The van der Waals surface area contributed by atoms with Gasteiger partial charge in [0.2, 0.25) is 0 Å². The van der Waals surface area contributed by atoms with Crippen LogP contribution in [0.25, 0.3) is 6.08 Å². The Morgan fingerprint density at radius 2 is 1.78 bits per heavy atom. The summed E-state index contributed by atoms with van der Waals surface area (Å²) in [6.07, 6.45) is 1.79. The molecule has 0 unspecified atom stereocenters. The Balaban J connectivity index is 1.90. The average molecular weight is 519 g/mol. The van der Waals surface area contributed by atoms with Crippen molar-refractivity contribution in [3.8, 4) is 11.5 Å². The molecule has 1 amide bonds. The highest BCUT2D eigenvalue weighted by Gasteiger charge is 2.30. The highest BCUT2D eigenvalue weighted by Crippen LogP contribution is 2.38. The van der Waals surface area contributed by atoms with Crippen molar-refractivity contribution in [1.29, 1.82) is 0 Å². The SMILES string of the molecule is CCOc1cc(OCC)c(C=C2SC(=Nc3ccc(C(=O)OC)cc3)N(C)C2=O)cc1Br. The van der Waals surface area contributed by atoms with Crippen molar-refractivity contribution in [1.82, 2.24) is 4.90 Å². The van der Waals surface area contributed by atoms with Crippen molar-refractivity contribution in [2.45, 2.75) is 13.8 Å². The zero-order valence-electron chi connectivity index (χ0n) is 18.2. The number of benzene rings is 2. The lowest BCUT2D eigenvalue weighted by Crippen LogP contribution is -2.23. The predicted octanol–water partition coefficient (Wildman–Crippen LogP) is 5.27. The summed E-state index contributed by atoms with van der Waals surface area (Å²) in [7, 11) is 3.01.